The Balaban J connectivity index is 2.05. The van der Waals surface area contributed by atoms with Crippen molar-refractivity contribution in [1.29, 1.82) is 0 Å². The standard InChI is InChI=1S/C16H14F3N5O/c1-7-4-10-9(3)20-14(21-11(10)5-8(7)2)24-15-22-12(16(17,18)19)6-13(25)23-15/h4-6H,1-3H3,(H2,20,21,22,23,24,25). The largest absolute Gasteiger partial charge is 0.433 e. The average molecular weight is 349 g/mol. The maximum atomic E-state index is 12.8. The van der Waals surface area contributed by atoms with Gasteiger partial charge >= 0.3 is 6.18 Å². The number of aromatic amines is 1. The second kappa shape index (κ2) is 5.83. The fourth-order valence-electron chi connectivity index (χ4n) is 2.37. The van der Waals surface area contributed by atoms with E-state index in [1.54, 1.807) is 6.92 Å². The highest BCUT2D eigenvalue weighted by Crippen LogP contribution is 2.27. The first kappa shape index (κ1) is 16.9. The van der Waals surface area contributed by atoms with E-state index in [2.05, 4.69) is 25.3 Å². The summed E-state index contributed by atoms with van der Waals surface area (Å²) in [5.74, 6) is -0.321. The van der Waals surface area contributed by atoms with Crippen molar-refractivity contribution in [1.82, 2.24) is 19.9 Å². The molecule has 0 saturated carbocycles. The number of H-pyrrole nitrogens is 1. The minimum atomic E-state index is -4.72. The first-order valence-corrected chi connectivity index (χ1v) is 7.34. The van der Waals surface area contributed by atoms with E-state index in [4.69, 9.17) is 0 Å². The van der Waals surface area contributed by atoms with Crippen LogP contribution < -0.4 is 10.9 Å². The summed E-state index contributed by atoms with van der Waals surface area (Å²) in [6.45, 7) is 5.68. The van der Waals surface area contributed by atoms with Crippen LogP contribution in [-0.4, -0.2) is 19.9 Å². The first-order valence-electron chi connectivity index (χ1n) is 7.34. The van der Waals surface area contributed by atoms with Crippen molar-refractivity contribution >= 4 is 22.8 Å². The van der Waals surface area contributed by atoms with E-state index in [9.17, 15) is 18.0 Å². The number of hydrogen-bond donors (Lipinski definition) is 2. The molecule has 9 heteroatoms. The van der Waals surface area contributed by atoms with Crippen LogP contribution in [-0.2, 0) is 6.18 Å². The van der Waals surface area contributed by atoms with Crippen molar-refractivity contribution in [2.75, 3.05) is 5.32 Å². The molecule has 3 rings (SSSR count). The predicted octanol–water partition coefficient (Wildman–Crippen LogP) is 3.40. The lowest BCUT2D eigenvalue weighted by atomic mass is 10.1. The summed E-state index contributed by atoms with van der Waals surface area (Å²) in [6.07, 6.45) is -4.72. The summed E-state index contributed by atoms with van der Waals surface area (Å²) in [5.41, 5.74) is 1.21. The number of alkyl halides is 3. The molecule has 2 aromatic heterocycles. The van der Waals surface area contributed by atoms with Gasteiger partial charge in [-0.05, 0) is 44.0 Å². The third-order valence-electron chi connectivity index (χ3n) is 3.76. The molecular formula is C16H14F3N5O. The zero-order valence-corrected chi connectivity index (χ0v) is 13.6. The minimum absolute atomic E-state index is 0.0516. The van der Waals surface area contributed by atoms with Gasteiger partial charge in [-0.1, -0.05) is 0 Å². The van der Waals surface area contributed by atoms with Crippen LogP contribution in [0.2, 0.25) is 0 Å². The number of nitrogens with one attached hydrogen (secondary N) is 2. The zero-order valence-electron chi connectivity index (χ0n) is 13.6. The Morgan fingerprint density at radius 3 is 2.36 bits per heavy atom. The van der Waals surface area contributed by atoms with Crippen LogP contribution in [0, 0.1) is 20.8 Å². The second-order valence-corrected chi connectivity index (χ2v) is 5.69. The van der Waals surface area contributed by atoms with Crippen molar-refractivity contribution < 1.29 is 13.2 Å². The number of nitrogens with zero attached hydrogens (tertiary/aromatic N) is 3. The van der Waals surface area contributed by atoms with Gasteiger partial charge in [0.1, 0.15) is 0 Å². The van der Waals surface area contributed by atoms with Gasteiger partial charge in [-0.2, -0.15) is 13.2 Å². The number of aromatic nitrogens is 4. The van der Waals surface area contributed by atoms with Crippen LogP contribution in [0.5, 0.6) is 0 Å². The first-order chi connectivity index (χ1) is 11.6. The zero-order chi connectivity index (χ0) is 18.4. The third kappa shape index (κ3) is 3.44. The van der Waals surface area contributed by atoms with E-state index in [0.717, 1.165) is 16.5 Å². The van der Waals surface area contributed by atoms with Gasteiger partial charge in [0.05, 0.1) is 11.2 Å². The summed E-state index contributed by atoms with van der Waals surface area (Å²) >= 11 is 0. The molecule has 0 fully saturated rings. The molecule has 0 amide bonds. The fourth-order valence-corrected chi connectivity index (χ4v) is 2.37. The van der Waals surface area contributed by atoms with E-state index >= 15 is 0 Å². The van der Waals surface area contributed by atoms with Crippen LogP contribution in [0.1, 0.15) is 22.5 Å². The van der Waals surface area contributed by atoms with Gasteiger partial charge in [0.25, 0.3) is 5.56 Å². The molecule has 0 bridgehead atoms. The highest BCUT2D eigenvalue weighted by molar-refractivity contribution is 5.83. The van der Waals surface area contributed by atoms with Crippen LogP contribution in [0.3, 0.4) is 0 Å². The van der Waals surface area contributed by atoms with E-state index < -0.39 is 17.4 Å². The molecule has 0 unspecified atom stereocenters. The molecule has 130 valence electrons. The van der Waals surface area contributed by atoms with Crippen molar-refractivity contribution in [2.45, 2.75) is 26.9 Å². The summed E-state index contributed by atoms with van der Waals surface area (Å²) in [5, 5.41) is 3.38. The fraction of sp³-hybridized carbons (Fsp3) is 0.250. The van der Waals surface area contributed by atoms with Crippen molar-refractivity contribution in [3.63, 3.8) is 0 Å². The van der Waals surface area contributed by atoms with Gasteiger partial charge < -0.3 is 0 Å². The maximum Gasteiger partial charge on any atom is 0.433 e. The Morgan fingerprint density at radius 2 is 1.68 bits per heavy atom. The van der Waals surface area contributed by atoms with Gasteiger partial charge in [0.2, 0.25) is 11.9 Å². The highest BCUT2D eigenvalue weighted by atomic mass is 19.4. The van der Waals surface area contributed by atoms with Gasteiger partial charge in [0.15, 0.2) is 5.69 Å². The monoisotopic (exact) mass is 349 g/mol. The molecule has 3 aromatic rings. The summed E-state index contributed by atoms with van der Waals surface area (Å²) < 4.78 is 38.3. The number of anilines is 2. The molecule has 2 N–H and O–H groups in total. The molecule has 0 aliphatic heterocycles. The van der Waals surface area contributed by atoms with Gasteiger partial charge in [-0.3, -0.25) is 15.1 Å². The Hall–Kier alpha value is -2.97. The highest BCUT2D eigenvalue weighted by Gasteiger charge is 2.33. The molecule has 0 spiro atoms. The Labute approximate surface area is 140 Å². The SMILES string of the molecule is Cc1cc2nc(Nc3nc(C(F)(F)F)cc(=O)[nH]3)nc(C)c2cc1C. The molecule has 0 saturated heterocycles. The number of rotatable bonds is 2. The van der Waals surface area contributed by atoms with Crippen LogP contribution in [0.25, 0.3) is 10.9 Å². The second-order valence-electron chi connectivity index (χ2n) is 5.69. The Morgan fingerprint density at radius 1 is 1.00 bits per heavy atom. The summed E-state index contributed by atoms with van der Waals surface area (Å²) in [7, 11) is 0. The molecule has 25 heavy (non-hydrogen) atoms. The van der Waals surface area contributed by atoms with E-state index in [0.29, 0.717) is 17.3 Å². The number of halogens is 3. The molecule has 0 atom stereocenters. The van der Waals surface area contributed by atoms with E-state index in [1.807, 2.05) is 26.0 Å². The van der Waals surface area contributed by atoms with E-state index in [-0.39, 0.29) is 11.9 Å². The van der Waals surface area contributed by atoms with Gasteiger partial charge in [-0.15, -0.1) is 0 Å². The molecule has 0 aliphatic rings. The summed E-state index contributed by atoms with van der Waals surface area (Å²) in [6, 6.07) is 4.21. The van der Waals surface area contributed by atoms with Crippen molar-refractivity contribution in [3.8, 4) is 0 Å². The topological polar surface area (TPSA) is 83.6 Å². The molecule has 1 aromatic carbocycles. The molecule has 2 heterocycles. The minimum Gasteiger partial charge on any atom is -0.294 e. The maximum absolute atomic E-state index is 12.8. The lowest BCUT2D eigenvalue weighted by Gasteiger charge is -2.10. The summed E-state index contributed by atoms with van der Waals surface area (Å²) in [4.78, 5) is 25.5. The smallest absolute Gasteiger partial charge is 0.294 e. The Kier molecular flexibility index (Phi) is 3.94. The van der Waals surface area contributed by atoms with Crippen LogP contribution in [0.15, 0.2) is 23.0 Å². The Bertz CT molecular complexity index is 1030. The van der Waals surface area contributed by atoms with E-state index in [1.165, 1.54) is 0 Å². The van der Waals surface area contributed by atoms with Crippen molar-refractivity contribution in [3.05, 3.63) is 51.1 Å². The van der Waals surface area contributed by atoms with Crippen LogP contribution >= 0.6 is 0 Å². The van der Waals surface area contributed by atoms with Gasteiger partial charge in [0, 0.05) is 11.5 Å². The van der Waals surface area contributed by atoms with Crippen molar-refractivity contribution in [2.24, 2.45) is 0 Å². The number of fused-ring (bicyclic) bond motifs is 1. The number of aryl methyl sites for hydroxylation is 3. The number of hydrogen-bond acceptors (Lipinski definition) is 5. The average Bonchev–Trinajstić information content (AvgIpc) is 2.48. The quantitative estimate of drug-likeness (QED) is 0.741. The number of benzene rings is 1. The predicted molar refractivity (Wildman–Crippen MR) is 86.9 cm³/mol. The van der Waals surface area contributed by atoms with Gasteiger partial charge in [-0.25, -0.2) is 15.0 Å². The third-order valence-corrected chi connectivity index (χ3v) is 3.76. The molecule has 0 aliphatic carbocycles. The molecule has 6 nitrogen and oxygen atoms in total. The lowest BCUT2D eigenvalue weighted by molar-refractivity contribution is -0.141. The molecule has 0 radical (unpaired) electrons. The molecular weight excluding hydrogens is 335 g/mol. The lowest BCUT2D eigenvalue weighted by Crippen LogP contribution is -2.18. The normalized spacial score (nSPS) is 11.8. The van der Waals surface area contributed by atoms with Crippen LogP contribution in [0.4, 0.5) is 25.1 Å².